The van der Waals surface area contributed by atoms with Crippen LogP contribution in [0.1, 0.15) is 34.1 Å². The number of nitrogens with one attached hydrogen (secondary N) is 2. The Morgan fingerprint density at radius 1 is 1.42 bits per heavy atom. The maximum absolute atomic E-state index is 11.8. The number of hydrogen-bond donors (Lipinski definition) is 3. The molecule has 0 spiro atoms. The molecule has 0 aromatic heterocycles. The highest BCUT2D eigenvalue weighted by molar-refractivity contribution is 5.86. The molecule has 0 aliphatic carbocycles. The Kier molecular flexibility index (Phi) is 4.79. The van der Waals surface area contributed by atoms with Crippen molar-refractivity contribution >= 4 is 12.0 Å². The van der Waals surface area contributed by atoms with Gasteiger partial charge in [0.15, 0.2) is 5.54 Å². The molecule has 6 nitrogen and oxygen atoms in total. The third-order valence-corrected chi connectivity index (χ3v) is 3.83. The summed E-state index contributed by atoms with van der Waals surface area (Å²) in [5.74, 6) is -0.761. The molecule has 1 heterocycles. The van der Waals surface area contributed by atoms with Crippen molar-refractivity contribution in [2.75, 3.05) is 19.8 Å². The van der Waals surface area contributed by atoms with Crippen molar-refractivity contribution in [3.63, 3.8) is 0 Å². The number of urea groups is 1. The van der Waals surface area contributed by atoms with Crippen molar-refractivity contribution in [3.05, 3.63) is 0 Å². The number of amides is 2. The Labute approximate surface area is 113 Å². The third-order valence-electron chi connectivity index (χ3n) is 3.83. The topological polar surface area (TPSA) is 87.7 Å². The van der Waals surface area contributed by atoms with Crippen LogP contribution in [0.5, 0.6) is 0 Å². The highest BCUT2D eigenvalue weighted by Crippen LogP contribution is 2.24. The highest BCUT2D eigenvalue weighted by atomic mass is 16.5. The van der Waals surface area contributed by atoms with Gasteiger partial charge >= 0.3 is 12.0 Å². The Morgan fingerprint density at radius 3 is 2.47 bits per heavy atom. The number of aliphatic carboxylic acids is 1. The van der Waals surface area contributed by atoms with E-state index in [1.54, 1.807) is 0 Å². The molecular formula is C13H24N2O4. The molecule has 2 atom stereocenters. The summed E-state index contributed by atoms with van der Waals surface area (Å²) in [4.78, 5) is 23.0. The molecule has 1 aliphatic heterocycles. The van der Waals surface area contributed by atoms with Crippen LogP contribution in [0.2, 0.25) is 0 Å². The Balaban J connectivity index is 2.49. The summed E-state index contributed by atoms with van der Waals surface area (Å²) in [6.07, 6.45) is 0.296. The summed E-state index contributed by atoms with van der Waals surface area (Å²) < 4.78 is 5.08. The molecule has 0 aromatic rings. The van der Waals surface area contributed by atoms with Crippen LogP contribution in [-0.2, 0) is 9.53 Å². The van der Waals surface area contributed by atoms with E-state index < -0.39 is 17.5 Å². The van der Waals surface area contributed by atoms with Crippen LogP contribution >= 0.6 is 0 Å². The summed E-state index contributed by atoms with van der Waals surface area (Å²) in [6.45, 7) is 9.22. The first-order chi connectivity index (χ1) is 8.67. The Bertz CT molecular complexity index is 343. The van der Waals surface area contributed by atoms with Crippen LogP contribution in [0.4, 0.5) is 4.79 Å². The van der Waals surface area contributed by atoms with Gasteiger partial charge in [0.2, 0.25) is 0 Å². The van der Waals surface area contributed by atoms with Crippen molar-refractivity contribution in [1.82, 2.24) is 10.6 Å². The minimum Gasteiger partial charge on any atom is -0.479 e. The normalized spacial score (nSPS) is 24.8. The molecule has 3 N–H and O–H groups in total. The lowest BCUT2D eigenvalue weighted by molar-refractivity contribution is -0.144. The number of rotatable bonds is 4. The Hall–Kier alpha value is -1.30. The molecule has 2 unspecified atom stereocenters. The minimum absolute atomic E-state index is 0.0184. The number of hydrogen-bond acceptors (Lipinski definition) is 3. The zero-order valence-corrected chi connectivity index (χ0v) is 12.1. The minimum atomic E-state index is -1.28. The third kappa shape index (κ3) is 4.09. The largest absolute Gasteiger partial charge is 0.479 e. The van der Waals surface area contributed by atoms with Gasteiger partial charge in [-0.3, -0.25) is 0 Å². The second-order valence-electron chi connectivity index (χ2n) is 6.29. The first kappa shape index (κ1) is 15.8. The van der Waals surface area contributed by atoms with Crippen LogP contribution < -0.4 is 10.6 Å². The van der Waals surface area contributed by atoms with E-state index in [-0.39, 0.29) is 12.0 Å². The molecule has 2 amide bonds. The number of carbonyl (C=O) groups excluding carboxylic acids is 1. The average Bonchev–Trinajstić information content (AvgIpc) is 2.74. The van der Waals surface area contributed by atoms with E-state index in [1.807, 2.05) is 6.92 Å². The van der Waals surface area contributed by atoms with Crippen LogP contribution in [-0.4, -0.2) is 42.4 Å². The van der Waals surface area contributed by atoms with Gasteiger partial charge in [-0.15, -0.1) is 0 Å². The van der Waals surface area contributed by atoms with Gasteiger partial charge in [0.05, 0.1) is 6.61 Å². The average molecular weight is 272 g/mol. The van der Waals surface area contributed by atoms with Crippen molar-refractivity contribution in [2.45, 2.75) is 39.7 Å². The first-order valence-electron chi connectivity index (χ1n) is 6.54. The summed E-state index contributed by atoms with van der Waals surface area (Å²) in [7, 11) is 0. The van der Waals surface area contributed by atoms with E-state index in [1.165, 1.54) is 0 Å². The smallest absolute Gasteiger partial charge is 0.332 e. The predicted molar refractivity (Wildman–Crippen MR) is 71.0 cm³/mol. The Morgan fingerprint density at radius 2 is 2.05 bits per heavy atom. The molecule has 0 bridgehead atoms. The van der Waals surface area contributed by atoms with Crippen LogP contribution in [0, 0.1) is 11.3 Å². The van der Waals surface area contributed by atoms with E-state index in [0.29, 0.717) is 25.5 Å². The molecule has 19 heavy (non-hydrogen) atoms. The highest BCUT2D eigenvalue weighted by Gasteiger charge is 2.44. The van der Waals surface area contributed by atoms with E-state index >= 15 is 0 Å². The lowest BCUT2D eigenvalue weighted by atomic mass is 9.82. The predicted octanol–water partition coefficient (Wildman–Crippen LogP) is 1.21. The summed E-state index contributed by atoms with van der Waals surface area (Å²) in [6, 6.07) is -0.455. The lowest BCUT2D eigenvalue weighted by Crippen LogP contribution is -2.58. The van der Waals surface area contributed by atoms with E-state index in [4.69, 9.17) is 4.74 Å². The zero-order valence-electron chi connectivity index (χ0n) is 12.1. The van der Waals surface area contributed by atoms with E-state index in [0.717, 1.165) is 0 Å². The van der Waals surface area contributed by atoms with Gasteiger partial charge in [-0.25, -0.2) is 9.59 Å². The molecule has 1 aliphatic rings. The van der Waals surface area contributed by atoms with Gasteiger partial charge in [-0.2, -0.15) is 0 Å². The number of carboxylic acid groups (broad SMARTS) is 1. The zero-order chi connectivity index (χ0) is 14.7. The van der Waals surface area contributed by atoms with Crippen LogP contribution in [0.3, 0.4) is 0 Å². The van der Waals surface area contributed by atoms with Gasteiger partial charge in [0, 0.05) is 19.6 Å². The second kappa shape index (κ2) is 5.77. The number of carbonyl (C=O) groups is 2. The molecular weight excluding hydrogens is 248 g/mol. The van der Waals surface area contributed by atoms with Crippen molar-refractivity contribution < 1.29 is 19.4 Å². The van der Waals surface area contributed by atoms with Gasteiger partial charge in [-0.1, -0.05) is 27.7 Å². The van der Waals surface area contributed by atoms with Gasteiger partial charge in [-0.05, 0) is 11.3 Å². The summed E-state index contributed by atoms with van der Waals surface area (Å²) in [5, 5.41) is 14.4. The lowest BCUT2D eigenvalue weighted by Gasteiger charge is -2.28. The standard InChI is InChI=1S/C13H24N2O4/c1-9(12(2,3)4)7-14-11(18)15-13(10(16)17)5-6-19-8-13/h9H,5-8H2,1-4H3,(H,16,17)(H2,14,15,18). The molecule has 6 heteroatoms. The molecule has 1 fully saturated rings. The van der Waals surface area contributed by atoms with Crippen LogP contribution in [0.15, 0.2) is 0 Å². The number of carboxylic acids is 1. The van der Waals surface area contributed by atoms with E-state index in [2.05, 4.69) is 31.4 Å². The van der Waals surface area contributed by atoms with Crippen LogP contribution in [0.25, 0.3) is 0 Å². The van der Waals surface area contributed by atoms with Gasteiger partial charge < -0.3 is 20.5 Å². The van der Waals surface area contributed by atoms with Gasteiger partial charge in [0.25, 0.3) is 0 Å². The maximum atomic E-state index is 11.8. The fourth-order valence-electron chi connectivity index (χ4n) is 1.70. The molecule has 0 aromatic carbocycles. The molecule has 1 saturated heterocycles. The second-order valence-corrected chi connectivity index (χ2v) is 6.29. The SMILES string of the molecule is CC(CNC(=O)NC1(C(=O)O)CCOC1)C(C)(C)C. The molecule has 0 radical (unpaired) electrons. The van der Waals surface area contributed by atoms with Crippen molar-refractivity contribution in [2.24, 2.45) is 11.3 Å². The number of ether oxygens (including phenoxy) is 1. The molecule has 0 saturated carbocycles. The fourth-order valence-corrected chi connectivity index (χ4v) is 1.70. The summed E-state index contributed by atoms with van der Waals surface area (Å²) >= 11 is 0. The maximum Gasteiger partial charge on any atom is 0.332 e. The van der Waals surface area contributed by atoms with Gasteiger partial charge in [0.1, 0.15) is 0 Å². The molecule has 110 valence electrons. The van der Waals surface area contributed by atoms with E-state index in [9.17, 15) is 14.7 Å². The van der Waals surface area contributed by atoms with Crippen molar-refractivity contribution in [1.29, 1.82) is 0 Å². The first-order valence-corrected chi connectivity index (χ1v) is 6.54. The van der Waals surface area contributed by atoms with Crippen molar-refractivity contribution in [3.8, 4) is 0 Å². The quantitative estimate of drug-likeness (QED) is 0.718. The fraction of sp³-hybridized carbons (Fsp3) is 0.846. The molecule has 1 rings (SSSR count). The monoisotopic (exact) mass is 272 g/mol. The summed E-state index contributed by atoms with van der Waals surface area (Å²) in [5.41, 5.74) is -1.19.